The fourth-order valence-corrected chi connectivity index (χ4v) is 8.04. The standard InChI is InChI=1S/C42H35N5/c1-41-25-13-14-26-42(41,2)47(37-24-12-7-19-32(37)41)40-43-38(45-33-20-8-3-15-28(33)29-16-4-9-21-34(29)45)27-39(44-40)46-35-22-10-5-17-30(35)31-18-6-11-23-36(31)46/h3-12,15-24,27H,13-14,25-26H2,1-2H3/i3D,4D,5D,6D,8D,9D,10D,11D,15D,16D,17D,18D,20D,21D,22D,23D. The lowest BCUT2D eigenvalue weighted by Gasteiger charge is -2.49. The Kier molecular flexibility index (Phi) is 3.14. The maximum atomic E-state index is 9.24. The minimum Gasteiger partial charge on any atom is -0.303 e. The molecule has 0 radical (unpaired) electrons. The number of fused-ring (bicyclic) bond motifs is 9. The lowest BCUT2D eigenvalue weighted by Crippen LogP contribution is -2.55. The van der Waals surface area contributed by atoms with E-state index in [4.69, 9.17) is 26.4 Å². The second kappa shape index (κ2) is 9.55. The van der Waals surface area contributed by atoms with Crippen LogP contribution in [0.25, 0.3) is 55.2 Å². The number of rotatable bonds is 3. The molecule has 228 valence electrons. The fourth-order valence-electron chi connectivity index (χ4n) is 8.04. The van der Waals surface area contributed by atoms with Crippen LogP contribution in [0.2, 0.25) is 0 Å². The van der Waals surface area contributed by atoms with E-state index >= 15 is 0 Å². The quantitative estimate of drug-likeness (QED) is 0.196. The monoisotopic (exact) mass is 625 g/mol. The molecule has 1 aliphatic heterocycles. The highest BCUT2D eigenvalue weighted by molar-refractivity contribution is 6.10. The summed E-state index contributed by atoms with van der Waals surface area (Å²) in [5.41, 5.74) is -0.266. The zero-order valence-electron chi connectivity index (χ0n) is 41.5. The molecule has 2 atom stereocenters. The Bertz CT molecular complexity index is 3100. The van der Waals surface area contributed by atoms with Gasteiger partial charge in [-0.1, -0.05) is 110 Å². The summed E-state index contributed by atoms with van der Waals surface area (Å²) in [4.78, 5) is 12.3. The van der Waals surface area contributed by atoms with Crippen LogP contribution in [0.15, 0.2) is 127 Å². The molecule has 3 aromatic heterocycles. The third-order valence-corrected chi connectivity index (χ3v) is 10.4. The van der Waals surface area contributed by atoms with Crippen LogP contribution in [0, 0.1) is 0 Å². The molecule has 5 aromatic carbocycles. The van der Waals surface area contributed by atoms with Crippen molar-refractivity contribution in [1.29, 1.82) is 0 Å². The maximum absolute atomic E-state index is 9.24. The van der Waals surface area contributed by atoms with Crippen LogP contribution in [-0.2, 0) is 5.41 Å². The number of anilines is 2. The Morgan fingerprint density at radius 3 is 1.55 bits per heavy atom. The van der Waals surface area contributed by atoms with Crippen LogP contribution in [0.4, 0.5) is 11.6 Å². The molecular weight excluding hydrogens is 574 g/mol. The van der Waals surface area contributed by atoms with Crippen molar-refractivity contribution in [3.63, 3.8) is 0 Å². The molecule has 0 spiro atoms. The summed E-state index contributed by atoms with van der Waals surface area (Å²) in [6, 6.07) is -0.460. The summed E-state index contributed by atoms with van der Waals surface area (Å²) in [6.07, 6.45) is 3.27. The number of hydrogen-bond acceptors (Lipinski definition) is 3. The molecule has 0 bridgehead atoms. The highest BCUT2D eigenvalue weighted by Gasteiger charge is 2.58. The number of aromatic nitrogens is 4. The van der Waals surface area contributed by atoms with Gasteiger partial charge in [-0.05, 0) is 55.6 Å². The third-order valence-electron chi connectivity index (χ3n) is 10.4. The van der Waals surface area contributed by atoms with E-state index in [9.17, 15) is 5.48 Å². The van der Waals surface area contributed by atoms with Gasteiger partial charge in [-0.15, -0.1) is 0 Å². The first-order chi connectivity index (χ1) is 29.7. The van der Waals surface area contributed by atoms with E-state index in [1.165, 1.54) is 15.2 Å². The lowest BCUT2D eigenvalue weighted by molar-refractivity contribution is 0.193. The van der Waals surface area contributed by atoms with Gasteiger partial charge in [0.2, 0.25) is 5.95 Å². The molecule has 8 aromatic rings. The van der Waals surface area contributed by atoms with E-state index in [1.807, 2.05) is 29.2 Å². The van der Waals surface area contributed by atoms with Crippen molar-refractivity contribution in [2.75, 3.05) is 4.90 Å². The summed E-state index contributed by atoms with van der Waals surface area (Å²) in [6.45, 7) is 4.28. The van der Waals surface area contributed by atoms with Gasteiger partial charge in [-0.2, -0.15) is 9.97 Å². The van der Waals surface area contributed by atoms with Crippen molar-refractivity contribution in [2.24, 2.45) is 0 Å². The van der Waals surface area contributed by atoms with Crippen LogP contribution in [0.1, 0.15) is 67.0 Å². The largest absolute Gasteiger partial charge is 0.303 e. The summed E-state index contributed by atoms with van der Waals surface area (Å²) in [7, 11) is 0. The van der Waals surface area contributed by atoms with Gasteiger partial charge in [-0.25, -0.2) is 0 Å². The van der Waals surface area contributed by atoms with Gasteiger partial charge in [-0.3, -0.25) is 9.13 Å². The molecule has 1 fully saturated rings. The molecule has 2 unspecified atom stereocenters. The molecule has 5 heteroatoms. The van der Waals surface area contributed by atoms with E-state index in [0.29, 0.717) is 6.42 Å². The van der Waals surface area contributed by atoms with E-state index in [1.54, 1.807) is 0 Å². The van der Waals surface area contributed by atoms with Crippen LogP contribution in [0.5, 0.6) is 0 Å². The van der Waals surface area contributed by atoms with Gasteiger partial charge < -0.3 is 4.90 Å². The first kappa shape index (κ1) is 15.4. The van der Waals surface area contributed by atoms with Crippen molar-refractivity contribution >= 4 is 55.2 Å². The Morgan fingerprint density at radius 1 is 0.596 bits per heavy atom. The van der Waals surface area contributed by atoms with Crippen LogP contribution in [-0.4, -0.2) is 24.6 Å². The van der Waals surface area contributed by atoms with Gasteiger partial charge in [0.05, 0.1) is 49.5 Å². The summed E-state index contributed by atoms with van der Waals surface area (Å²) in [5.74, 6) is -0.309. The second-order valence-electron chi connectivity index (χ2n) is 12.6. The Balaban J connectivity index is 1.46. The normalized spacial score (nSPS) is 25.5. The third kappa shape index (κ3) is 3.49. The summed E-state index contributed by atoms with van der Waals surface area (Å²) in [5, 5.41) is -0.766. The Hall–Kier alpha value is -5.42. The van der Waals surface area contributed by atoms with E-state index in [0.717, 1.165) is 30.5 Å². The fraction of sp³-hybridized carbons (Fsp3) is 0.190. The first-order valence-corrected chi connectivity index (χ1v) is 15.5. The highest BCUT2D eigenvalue weighted by atomic mass is 15.4. The smallest absolute Gasteiger partial charge is 0.234 e. The zero-order chi connectivity index (χ0) is 45.3. The molecule has 1 saturated carbocycles. The average Bonchev–Trinajstić information content (AvgIpc) is 3.89. The van der Waals surface area contributed by atoms with Crippen LogP contribution < -0.4 is 4.90 Å². The van der Waals surface area contributed by atoms with Gasteiger partial charge in [0.25, 0.3) is 0 Å². The SMILES string of the molecule is [2H]c1c([2H])c([2H])c2c(c1[2H])c1c([2H])c([2H])c([2H])c([2H])c1n2-c1cc(-n2c3c([2H])c([2H])c([2H])c([2H])c3c3c([2H])c([2H])c([2H])c([2H])c32)nc(N2c3ccccc3C3(C)CCCCC23C)n1. The van der Waals surface area contributed by atoms with Gasteiger partial charge in [0.15, 0.2) is 0 Å². The zero-order valence-corrected chi connectivity index (χ0v) is 25.5. The molecule has 0 N–H and O–H groups in total. The van der Waals surface area contributed by atoms with E-state index in [-0.39, 0.29) is 61.2 Å². The molecule has 0 saturated heterocycles. The Labute approximate surface area is 296 Å². The predicted octanol–water partition coefficient (Wildman–Crippen LogP) is 10.4. The molecule has 1 aliphatic carbocycles. The Morgan fingerprint density at radius 2 is 1.04 bits per heavy atom. The van der Waals surface area contributed by atoms with E-state index in [2.05, 4.69) is 13.8 Å². The number of para-hydroxylation sites is 5. The average molecular weight is 626 g/mol. The summed E-state index contributed by atoms with van der Waals surface area (Å²) < 4.78 is 145. The lowest BCUT2D eigenvalue weighted by atomic mass is 9.61. The maximum Gasteiger partial charge on any atom is 0.234 e. The van der Waals surface area contributed by atoms with Crippen molar-refractivity contribution in [2.45, 2.75) is 50.5 Å². The highest BCUT2D eigenvalue weighted by Crippen LogP contribution is 2.60. The minimum atomic E-state index is -0.702. The molecule has 4 heterocycles. The minimum absolute atomic E-state index is 0.0106. The number of nitrogens with zero attached hydrogens (tertiary/aromatic N) is 5. The van der Waals surface area contributed by atoms with Gasteiger partial charge in [0, 0.05) is 38.7 Å². The van der Waals surface area contributed by atoms with Gasteiger partial charge in [0.1, 0.15) is 11.6 Å². The molecule has 0 amide bonds. The second-order valence-corrected chi connectivity index (χ2v) is 12.6. The predicted molar refractivity (Wildman–Crippen MR) is 194 cm³/mol. The summed E-state index contributed by atoms with van der Waals surface area (Å²) >= 11 is 0. The van der Waals surface area contributed by atoms with Gasteiger partial charge >= 0.3 is 0 Å². The van der Waals surface area contributed by atoms with Crippen molar-refractivity contribution in [3.8, 4) is 11.6 Å². The van der Waals surface area contributed by atoms with Crippen molar-refractivity contribution in [1.82, 2.24) is 19.1 Å². The molecular formula is C42H35N5. The van der Waals surface area contributed by atoms with E-state index < -0.39 is 108 Å². The topological polar surface area (TPSA) is 38.9 Å². The van der Waals surface area contributed by atoms with Crippen molar-refractivity contribution < 1.29 is 21.9 Å². The van der Waals surface area contributed by atoms with Crippen LogP contribution in [0.3, 0.4) is 0 Å². The molecule has 2 aliphatic rings. The van der Waals surface area contributed by atoms with Crippen LogP contribution >= 0.6 is 0 Å². The first-order valence-electron chi connectivity index (χ1n) is 23.5. The molecule has 47 heavy (non-hydrogen) atoms. The number of hydrogen-bond donors (Lipinski definition) is 0. The molecule has 10 rings (SSSR count). The van der Waals surface area contributed by atoms with Crippen molar-refractivity contribution in [3.05, 3.63) is 133 Å². The number of benzene rings is 5. The molecule has 5 nitrogen and oxygen atoms in total.